The largest absolute Gasteiger partial charge is 0.477 e. The Morgan fingerprint density at radius 3 is 2.67 bits per heavy atom. The van der Waals surface area contributed by atoms with E-state index in [0.717, 1.165) is 0 Å². The Morgan fingerprint density at radius 2 is 2.08 bits per heavy atom. The van der Waals surface area contributed by atoms with Crippen molar-refractivity contribution in [3.63, 3.8) is 0 Å². The summed E-state index contributed by atoms with van der Waals surface area (Å²) in [5.41, 5.74) is 0. The number of ether oxygens (including phenoxy) is 1. The lowest BCUT2D eigenvalue weighted by Crippen LogP contribution is -2.32. The average molecular weight is 354 g/mol. The van der Waals surface area contributed by atoms with Crippen LogP contribution in [0.4, 0.5) is 4.39 Å². The molecule has 0 spiro atoms. The number of amidine groups is 1. The summed E-state index contributed by atoms with van der Waals surface area (Å²) in [6.45, 7) is 2.72. The number of hydrogen-bond donors (Lipinski definition) is 2. The third-order valence-electron chi connectivity index (χ3n) is 3.53. The molecule has 0 saturated heterocycles. The van der Waals surface area contributed by atoms with Crippen molar-refractivity contribution in [3.8, 4) is 0 Å². The number of esters is 1. The van der Waals surface area contributed by atoms with Gasteiger partial charge < -0.3 is 14.7 Å². The Kier molecular flexibility index (Phi) is 5.97. The monoisotopic (exact) mass is 354 g/mol. The van der Waals surface area contributed by atoms with Gasteiger partial charge in [-0.15, -0.1) is 10.9 Å². The molecule has 0 amide bonds. The highest BCUT2D eigenvalue weighted by atomic mass is 32.2. The summed E-state index contributed by atoms with van der Waals surface area (Å²) in [6.07, 6.45) is 1.42. The highest BCUT2D eigenvalue weighted by molar-refractivity contribution is 8.33. The number of carbonyl (C=O) groups is 2. The molecule has 1 aromatic carbocycles. The maximum atomic E-state index is 14.2. The molecule has 1 aromatic rings. The molecule has 6 nitrogen and oxygen atoms in total. The van der Waals surface area contributed by atoms with E-state index in [1.54, 1.807) is 23.1 Å². The first-order chi connectivity index (χ1) is 11.5. The number of nitrogens with zero attached hydrogens (tertiary/aromatic N) is 2. The van der Waals surface area contributed by atoms with Crippen LogP contribution in [-0.2, 0) is 14.3 Å². The Balaban J connectivity index is 2.33. The first-order valence-corrected chi connectivity index (χ1v) is 8.71. The van der Waals surface area contributed by atoms with Crippen molar-refractivity contribution in [2.75, 3.05) is 20.2 Å². The lowest BCUT2D eigenvalue weighted by molar-refractivity contribution is -0.140. The topological polar surface area (TPSA) is 79.2 Å². The number of halogens is 1. The number of carbonyl (C=O) groups excluding carboxylic acids is 1. The average Bonchev–Trinajstić information content (AvgIpc) is 3.00. The quantitative estimate of drug-likeness (QED) is 0.606. The third-order valence-corrected chi connectivity index (χ3v) is 5.97. The molecule has 2 rings (SSSR count). The Morgan fingerprint density at radius 1 is 1.38 bits per heavy atom. The molecule has 24 heavy (non-hydrogen) atoms. The summed E-state index contributed by atoms with van der Waals surface area (Å²) in [5, 5.41) is 9.91. The second kappa shape index (κ2) is 7.96. The number of aliphatic carboxylic acids is 1. The fourth-order valence-electron chi connectivity index (χ4n) is 2.31. The molecule has 0 bridgehead atoms. The fraction of sp³-hybridized carbons (Fsp3) is 0.312. The lowest BCUT2D eigenvalue weighted by Gasteiger charge is -2.30. The zero-order chi connectivity index (χ0) is 17.7. The van der Waals surface area contributed by atoms with Crippen molar-refractivity contribution < 1.29 is 23.8 Å². The molecule has 1 N–H and O–H groups in total. The van der Waals surface area contributed by atoms with Gasteiger partial charge in [0.05, 0.1) is 13.5 Å². The maximum absolute atomic E-state index is 14.2. The van der Waals surface area contributed by atoms with Crippen LogP contribution in [0.1, 0.15) is 13.3 Å². The van der Waals surface area contributed by atoms with Crippen LogP contribution in [0.25, 0.3) is 0 Å². The molecule has 1 unspecified atom stereocenters. The molecular weight excluding hydrogens is 335 g/mol. The molecule has 0 saturated carbocycles. The normalized spacial score (nSPS) is 17.9. The van der Waals surface area contributed by atoms with E-state index < -0.39 is 22.7 Å². The third kappa shape index (κ3) is 3.76. The molecule has 1 aliphatic heterocycles. The fourth-order valence-corrected chi connectivity index (χ4v) is 4.59. The van der Waals surface area contributed by atoms with Crippen molar-refractivity contribution >= 4 is 28.0 Å². The Bertz CT molecular complexity index is 705. The second-order valence-corrected chi connectivity index (χ2v) is 6.98. The van der Waals surface area contributed by atoms with Gasteiger partial charge in [0.2, 0.25) is 0 Å². The van der Waals surface area contributed by atoms with Crippen molar-refractivity contribution in [2.45, 2.75) is 18.2 Å². The van der Waals surface area contributed by atoms with Crippen LogP contribution in [0.3, 0.4) is 0 Å². The van der Waals surface area contributed by atoms with E-state index in [4.69, 9.17) is 0 Å². The van der Waals surface area contributed by atoms with Gasteiger partial charge in [0.1, 0.15) is 10.7 Å². The van der Waals surface area contributed by atoms with E-state index in [1.165, 1.54) is 19.4 Å². The SMILES string of the molecule is CCN(CCC(=O)OC)C1=NC=C(C(=O)O)[SH]1c1ccccc1F. The number of methoxy groups -OCH3 is 1. The van der Waals surface area contributed by atoms with E-state index >= 15 is 0 Å². The number of hydrogen-bond acceptors (Lipinski definition) is 5. The van der Waals surface area contributed by atoms with E-state index in [-0.39, 0.29) is 17.3 Å². The minimum atomic E-state index is -1.60. The van der Waals surface area contributed by atoms with Crippen LogP contribution in [0.15, 0.2) is 45.3 Å². The van der Waals surface area contributed by atoms with Gasteiger partial charge >= 0.3 is 11.9 Å². The predicted octanol–water partition coefficient (Wildman–Crippen LogP) is 2.37. The molecule has 1 aliphatic rings. The molecule has 0 aromatic heterocycles. The highest BCUT2D eigenvalue weighted by Crippen LogP contribution is 2.50. The van der Waals surface area contributed by atoms with Crippen molar-refractivity contribution in [1.82, 2.24) is 4.90 Å². The molecular formula is C16H19FN2O4S. The molecule has 1 heterocycles. The van der Waals surface area contributed by atoms with Gasteiger partial charge in [0.25, 0.3) is 0 Å². The van der Waals surface area contributed by atoms with Crippen LogP contribution in [0.2, 0.25) is 0 Å². The zero-order valence-electron chi connectivity index (χ0n) is 13.4. The summed E-state index contributed by atoms with van der Waals surface area (Å²) in [6, 6.07) is 6.10. The van der Waals surface area contributed by atoms with Crippen molar-refractivity contribution in [2.24, 2.45) is 4.99 Å². The molecule has 0 fully saturated rings. The summed E-state index contributed by atoms with van der Waals surface area (Å²) < 4.78 is 18.9. The number of benzene rings is 1. The van der Waals surface area contributed by atoms with E-state index in [1.807, 2.05) is 6.92 Å². The highest BCUT2D eigenvalue weighted by Gasteiger charge is 2.32. The predicted molar refractivity (Wildman–Crippen MR) is 90.7 cm³/mol. The van der Waals surface area contributed by atoms with Gasteiger partial charge in [-0.1, -0.05) is 12.1 Å². The van der Waals surface area contributed by atoms with E-state index in [2.05, 4.69) is 9.73 Å². The van der Waals surface area contributed by atoms with Crippen LogP contribution in [0.5, 0.6) is 0 Å². The van der Waals surface area contributed by atoms with E-state index in [9.17, 15) is 19.1 Å². The zero-order valence-corrected chi connectivity index (χ0v) is 14.3. The number of carboxylic acid groups (broad SMARTS) is 1. The minimum Gasteiger partial charge on any atom is -0.477 e. The first-order valence-electron chi connectivity index (χ1n) is 7.37. The van der Waals surface area contributed by atoms with Gasteiger partial charge in [-0.05, 0) is 19.1 Å². The molecule has 8 heteroatoms. The van der Waals surface area contributed by atoms with Gasteiger partial charge in [-0.25, -0.2) is 14.2 Å². The molecule has 1 atom stereocenters. The number of aliphatic imine (C=N–C) groups is 1. The molecule has 0 aliphatic carbocycles. The second-order valence-electron chi connectivity index (χ2n) is 4.94. The summed E-state index contributed by atoms with van der Waals surface area (Å²) >= 11 is 0. The number of thiol groups is 1. The van der Waals surface area contributed by atoms with Gasteiger partial charge in [-0.3, -0.25) is 4.79 Å². The minimum absolute atomic E-state index is 0.0709. The summed E-state index contributed by atoms with van der Waals surface area (Å²) in [4.78, 5) is 29.3. The van der Waals surface area contributed by atoms with Gasteiger partial charge in [0, 0.05) is 24.2 Å². The Labute approximate surface area is 142 Å². The molecule has 130 valence electrons. The molecule has 0 radical (unpaired) electrons. The lowest BCUT2D eigenvalue weighted by atomic mass is 10.3. The first kappa shape index (κ1) is 18.0. The van der Waals surface area contributed by atoms with Crippen LogP contribution < -0.4 is 0 Å². The van der Waals surface area contributed by atoms with E-state index in [0.29, 0.717) is 23.2 Å². The van der Waals surface area contributed by atoms with Crippen LogP contribution in [-0.4, -0.2) is 47.3 Å². The van der Waals surface area contributed by atoms with Crippen molar-refractivity contribution in [1.29, 1.82) is 0 Å². The smallest absolute Gasteiger partial charge is 0.342 e. The van der Waals surface area contributed by atoms with Gasteiger partial charge in [-0.2, -0.15) is 0 Å². The van der Waals surface area contributed by atoms with Crippen molar-refractivity contribution in [3.05, 3.63) is 41.2 Å². The number of rotatable bonds is 6. The van der Waals surface area contributed by atoms with Gasteiger partial charge in [0.15, 0.2) is 5.17 Å². The number of carboxylic acids is 1. The summed E-state index contributed by atoms with van der Waals surface area (Å²) in [5.74, 6) is -1.95. The Hall–Kier alpha value is -2.35. The summed E-state index contributed by atoms with van der Waals surface area (Å²) in [7, 11) is -0.290. The maximum Gasteiger partial charge on any atom is 0.342 e. The van der Waals surface area contributed by atoms with Crippen LogP contribution >= 0.6 is 10.9 Å². The standard InChI is InChI=1S/C16H19FN2O4S/c1-3-19(9-8-14(20)23-2)16-18-10-13(15(21)22)24(16)12-7-5-4-6-11(12)17/h4-7,10,24H,3,8-9H2,1-2H3,(H,21,22). The van der Waals surface area contributed by atoms with Crippen LogP contribution in [0, 0.1) is 5.82 Å².